The third-order valence-corrected chi connectivity index (χ3v) is 4.51. The number of carbonyl (C=O) groups is 1. The topological polar surface area (TPSA) is 93.7 Å². The smallest absolute Gasteiger partial charge is 0.407 e. The van der Waals surface area contributed by atoms with Crippen LogP contribution in [0.5, 0.6) is 0 Å². The first-order valence-electron chi connectivity index (χ1n) is 8.19. The molecule has 142 valence electrons. The predicted octanol–water partition coefficient (Wildman–Crippen LogP) is 2.96. The zero-order valence-electron chi connectivity index (χ0n) is 15.3. The van der Waals surface area contributed by atoms with Crippen LogP contribution in [0.4, 0.5) is 4.79 Å². The molecular formula is C18H24N2O5S. The molecule has 0 radical (unpaired) electrons. The van der Waals surface area contributed by atoms with Gasteiger partial charge in [-0.2, -0.15) is 0 Å². The summed E-state index contributed by atoms with van der Waals surface area (Å²) < 4.78 is 29.8. The first-order valence-corrected chi connectivity index (χ1v) is 9.67. The van der Waals surface area contributed by atoms with Crippen molar-refractivity contribution in [2.24, 2.45) is 0 Å². The minimum Gasteiger partial charge on any atom is -0.444 e. The Kier molecular flexibility index (Phi) is 6.22. The van der Waals surface area contributed by atoms with Gasteiger partial charge in [0.2, 0.25) is 0 Å². The Morgan fingerprint density at radius 1 is 1.12 bits per heavy atom. The molecule has 0 aliphatic heterocycles. The fourth-order valence-corrected chi connectivity index (χ4v) is 3.02. The van der Waals surface area contributed by atoms with E-state index in [0.717, 1.165) is 10.8 Å². The highest BCUT2D eigenvalue weighted by molar-refractivity contribution is 7.89. The van der Waals surface area contributed by atoms with Crippen molar-refractivity contribution >= 4 is 26.9 Å². The number of rotatable bonds is 6. The lowest BCUT2D eigenvalue weighted by Crippen LogP contribution is -2.41. The van der Waals surface area contributed by atoms with Crippen molar-refractivity contribution in [2.75, 3.05) is 6.61 Å². The molecule has 2 N–H and O–H groups in total. The van der Waals surface area contributed by atoms with Crippen LogP contribution in [0.3, 0.4) is 0 Å². The number of carbonyl (C=O) groups excluding carboxylic acids is 1. The molecule has 1 atom stereocenters. The Balaban J connectivity index is 1.90. The first-order chi connectivity index (χ1) is 12.1. The van der Waals surface area contributed by atoms with Gasteiger partial charge in [-0.3, -0.25) is 4.84 Å². The van der Waals surface area contributed by atoms with E-state index in [1.165, 1.54) is 6.07 Å². The van der Waals surface area contributed by atoms with Crippen LogP contribution in [0, 0.1) is 0 Å². The van der Waals surface area contributed by atoms with Gasteiger partial charge in [0, 0.05) is 0 Å². The molecule has 0 saturated heterocycles. The van der Waals surface area contributed by atoms with Crippen molar-refractivity contribution < 1.29 is 22.8 Å². The van der Waals surface area contributed by atoms with Crippen LogP contribution in [-0.4, -0.2) is 32.8 Å². The fourth-order valence-electron chi connectivity index (χ4n) is 2.17. The molecule has 7 nitrogen and oxygen atoms in total. The van der Waals surface area contributed by atoms with Crippen LogP contribution in [0.25, 0.3) is 10.8 Å². The molecule has 2 aromatic rings. The quantitative estimate of drug-likeness (QED) is 0.752. The molecule has 0 aromatic heterocycles. The Labute approximate surface area is 153 Å². The maximum Gasteiger partial charge on any atom is 0.407 e. The van der Waals surface area contributed by atoms with E-state index in [9.17, 15) is 13.2 Å². The summed E-state index contributed by atoms with van der Waals surface area (Å²) in [6.07, 6.45) is -0.592. The molecule has 1 amide bonds. The molecule has 26 heavy (non-hydrogen) atoms. The molecule has 8 heteroatoms. The van der Waals surface area contributed by atoms with E-state index in [4.69, 9.17) is 9.57 Å². The summed E-state index contributed by atoms with van der Waals surface area (Å²) in [6.45, 7) is 6.89. The van der Waals surface area contributed by atoms with E-state index in [1.807, 2.05) is 24.3 Å². The van der Waals surface area contributed by atoms with Gasteiger partial charge in [-0.05, 0) is 50.6 Å². The average Bonchev–Trinajstić information content (AvgIpc) is 2.52. The average molecular weight is 380 g/mol. The number of alkyl carbamates (subject to hydrolysis) is 1. The van der Waals surface area contributed by atoms with Gasteiger partial charge in [0.05, 0.1) is 17.5 Å². The van der Waals surface area contributed by atoms with E-state index >= 15 is 0 Å². The molecular weight excluding hydrogens is 356 g/mol. The molecule has 0 spiro atoms. The van der Waals surface area contributed by atoms with Crippen LogP contribution in [0.1, 0.15) is 27.7 Å². The molecule has 0 fully saturated rings. The Bertz CT molecular complexity index is 875. The second-order valence-corrected chi connectivity index (χ2v) is 8.60. The monoisotopic (exact) mass is 380 g/mol. The fraction of sp³-hybridized carbons (Fsp3) is 0.389. The minimum absolute atomic E-state index is 0.0495. The summed E-state index contributed by atoms with van der Waals surface area (Å²) in [5.74, 6) is 0. The van der Waals surface area contributed by atoms with E-state index in [2.05, 4.69) is 10.2 Å². The molecule has 0 unspecified atom stereocenters. The van der Waals surface area contributed by atoms with Crippen molar-refractivity contribution in [3.05, 3.63) is 42.5 Å². The van der Waals surface area contributed by atoms with E-state index in [-0.39, 0.29) is 11.5 Å². The van der Waals surface area contributed by atoms with Crippen LogP contribution in [0.2, 0.25) is 0 Å². The molecule has 0 aliphatic rings. The number of fused-ring (bicyclic) bond motifs is 1. The van der Waals surface area contributed by atoms with Gasteiger partial charge >= 0.3 is 6.09 Å². The molecule has 0 heterocycles. The summed E-state index contributed by atoms with van der Waals surface area (Å²) in [5, 5.41) is 4.33. The lowest BCUT2D eigenvalue weighted by molar-refractivity contribution is 0.0407. The van der Waals surface area contributed by atoms with E-state index < -0.39 is 27.8 Å². The highest BCUT2D eigenvalue weighted by Gasteiger charge is 2.19. The standard InChI is InChI=1S/C18H24N2O5S/c1-13(19-17(21)25-18(2,3)4)12-24-20-26(22,23)16-10-9-14-7-5-6-8-15(14)11-16/h5-11,13,20H,12H2,1-4H3,(H,19,21)/t13-/m0/s1. The normalized spacial score (nSPS) is 13.4. The van der Waals surface area contributed by atoms with E-state index in [0.29, 0.717) is 0 Å². The zero-order valence-corrected chi connectivity index (χ0v) is 16.1. The molecule has 2 aromatic carbocycles. The highest BCUT2D eigenvalue weighted by atomic mass is 32.2. The van der Waals surface area contributed by atoms with Gasteiger partial charge in [0.15, 0.2) is 0 Å². The van der Waals surface area contributed by atoms with Crippen molar-refractivity contribution in [1.29, 1.82) is 0 Å². The lowest BCUT2D eigenvalue weighted by atomic mass is 10.1. The molecule has 2 rings (SSSR count). The SMILES string of the molecule is C[C@@H](CONS(=O)(=O)c1ccc2ccccc2c1)NC(=O)OC(C)(C)C. The van der Waals surface area contributed by atoms with Crippen LogP contribution in [0.15, 0.2) is 47.4 Å². The summed E-state index contributed by atoms with van der Waals surface area (Å²) >= 11 is 0. The maximum absolute atomic E-state index is 12.3. The largest absolute Gasteiger partial charge is 0.444 e. The van der Waals surface area contributed by atoms with Crippen molar-refractivity contribution in [1.82, 2.24) is 10.2 Å². The van der Waals surface area contributed by atoms with Crippen LogP contribution >= 0.6 is 0 Å². The number of benzene rings is 2. The lowest BCUT2D eigenvalue weighted by Gasteiger charge is -2.21. The predicted molar refractivity (Wildman–Crippen MR) is 99.1 cm³/mol. The summed E-state index contributed by atoms with van der Waals surface area (Å²) in [7, 11) is -3.82. The second kappa shape index (κ2) is 8.03. The van der Waals surface area contributed by atoms with Gasteiger partial charge in [-0.1, -0.05) is 35.2 Å². The van der Waals surface area contributed by atoms with Crippen molar-refractivity contribution in [3.63, 3.8) is 0 Å². The number of nitrogens with one attached hydrogen (secondary N) is 2. The number of sulfonamides is 1. The minimum atomic E-state index is -3.82. The molecule has 0 aliphatic carbocycles. The van der Waals surface area contributed by atoms with Gasteiger partial charge in [-0.15, -0.1) is 0 Å². The summed E-state index contributed by atoms with van der Waals surface area (Å²) in [5.41, 5.74) is -0.609. The third-order valence-electron chi connectivity index (χ3n) is 3.30. The van der Waals surface area contributed by atoms with Gasteiger partial charge in [-0.25, -0.2) is 13.2 Å². The molecule has 0 saturated carbocycles. The summed E-state index contributed by atoms with van der Waals surface area (Å²) in [6, 6.07) is 11.8. The highest BCUT2D eigenvalue weighted by Crippen LogP contribution is 2.18. The Morgan fingerprint density at radius 3 is 2.42 bits per heavy atom. The third kappa shape index (κ3) is 5.98. The Morgan fingerprint density at radius 2 is 1.77 bits per heavy atom. The first kappa shape index (κ1) is 20.2. The van der Waals surface area contributed by atoms with Crippen molar-refractivity contribution in [3.8, 4) is 0 Å². The second-order valence-electron chi connectivity index (χ2n) is 6.95. The van der Waals surface area contributed by atoms with E-state index in [1.54, 1.807) is 39.8 Å². The van der Waals surface area contributed by atoms with Gasteiger partial charge < -0.3 is 10.1 Å². The van der Waals surface area contributed by atoms with Gasteiger partial charge in [0.25, 0.3) is 10.0 Å². The number of hydrogen-bond acceptors (Lipinski definition) is 5. The summed E-state index contributed by atoms with van der Waals surface area (Å²) in [4.78, 5) is 18.9. The Hall–Kier alpha value is -2.16. The molecule has 0 bridgehead atoms. The number of amides is 1. The maximum atomic E-state index is 12.3. The number of ether oxygens (including phenoxy) is 1. The van der Waals surface area contributed by atoms with Crippen LogP contribution < -0.4 is 10.2 Å². The number of hydrogen-bond donors (Lipinski definition) is 2. The van der Waals surface area contributed by atoms with Crippen LogP contribution in [-0.2, 0) is 19.6 Å². The van der Waals surface area contributed by atoms with Crippen molar-refractivity contribution in [2.45, 2.75) is 44.2 Å². The zero-order chi connectivity index (χ0) is 19.4. The van der Waals surface area contributed by atoms with Gasteiger partial charge in [0.1, 0.15) is 5.60 Å².